The third-order valence-corrected chi connectivity index (χ3v) is 3.87. The van der Waals surface area contributed by atoms with Crippen molar-refractivity contribution in [1.29, 1.82) is 0 Å². The molecule has 0 aromatic heterocycles. The summed E-state index contributed by atoms with van der Waals surface area (Å²) in [5.74, 6) is 1.71. The van der Waals surface area contributed by atoms with Gasteiger partial charge in [0.1, 0.15) is 0 Å². The van der Waals surface area contributed by atoms with Crippen LogP contribution in [-0.2, 0) is 32.7 Å². The molecule has 18 heavy (non-hydrogen) atoms. The second-order valence-corrected chi connectivity index (χ2v) is 6.47. The van der Waals surface area contributed by atoms with E-state index in [1.807, 2.05) is 0 Å². The predicted octanol–water partition coefficient (Wildman–Crippen LogP) is 3.00. The molecule has 0 aromatic carbocycles. The molecule has 1 aliphatic heterocycles. The average molecular weight is 327 g/mol. The normalized spacial score (nSPS) is 19.3. The Kier molecular flexibility index (Phi) is 8.82. The van der Waals surface area contributed by atoms with Crippen molar-refractivity contribution in [3.05, 3.63) is 12.8 Å². The Morgan fingerprint density at radius 3 is 2.06 bits per heavy atom. The summed E-state index contributed by atoms with van der Waals surface area (Å²) < 4.78 is 0. The van der Waals surface area contributed by atoms with Gasteiger partial charge in [0.05, 0.1) is 0 Å². The van der Waals surface area contributed by atoms with Crippen molar-refractivity contribution in [3.63, 3.8) is 0 Å². The van der Waals surface area contributed by atoms with Gasteiger partial charge in [-0.3, -0.25) is 5.92 Å². The van der Waals surface area contributed by atoms with Gasteiger partial charge in [0.25, 0.3) is 0 Å². The Labute approximate surface area is 140 Å². The summed E-state index contributed by atoms with van der Waals surface area (Å²) in [6.07, 6.45) is 2.54. The zero-order chi connectivity index (χ0) is 13.1. The first-order chi connectivity index (χ1) is 7.84. The molecule has 1 aliphatic rings. The molecule has 1 rings (SSSR count). The van der Waals surface area contributed by atoms with Gasteiger partial charge >= 0.3 is 0 Å². The van der Waals surface area contributed by atoms with Crippen molar-refractivity contribution in [2.45, 2.75) is 59.0 Å². The van der Waals surface area contributed by atoms with Crippen molar-refractivity contribution in [2.24, 2.45) is 0 Å². The summed E-state index contributed by atoms with van der Waals surface area (Å²) in [6, 6.07) is 0.697. The topological polar surface area (TPSA) is 6.48 Å². The van der Waals surface area contributed by atoms with Gasteiger partial charge in [0.2, 0.25) is 0 Å². The maximum absolute atomic E-state index is 4.06. The number of rotatable bonds is 4. The summed E-state index contributed by atoms with van der Waals surface area (Å²) in [4.78, 5) is 5.06. The van der Waals surface area contributed by atoms with E-state index in [1.165, 1.54) is 25.9 Å². The molecular weight excluding hydrogens is 297 g/mol. The molecule has 0 aromatic rings. The summed E-state index contributed by atoms with van der Waals surface area (Å²) in [6.45, 7) is 20.0. The standard InChI is InChI=1S/C15H30N2.Y/c1-7-17(15(4,5)6)12-14-8-10-16(11-9-14)13(2)3;/h13H,1,7-12H2,2-6H3;/q-2;. The summed E-state index contributed by atoms with van der Waals surface area (Å²) >= 11 is 0. The van der Waals surface area contributed by atoms with E-state index in [2.05, 4.69) is 51.3 Å². The van der Waals surface area contributed by atoms with Crippen LogP contribution in [0.3, 0.4) is 0 Å². The van der Waals surface area contributed by atoms with Crippen molar-refractivity contribution >= 4 is 0 Å². The Bertz CT molecular complexity index is 215. The number of likely N-dealkylation sites (tertiary alicyclic amines) is 1. The minimum Gasteiger partial charge on any atom is -0.357 e. The monoisotopic (exact) mass is 327 g/mol. The number of hydrogen-bond donors (Lipinski definition) is 0. The fourth-order valence-electron chi connectivity index (χ4n) is 2.44. The zero-order valence-electron chi connectivity index (χ0n) is 13.0. The predicted molar refractivity (Wildman–Crippen MR) is 75.9 cm³/mol. The molecule has 105 valence electrons. The molecular formula is C15H30N2Y-2. The third-order valence-electron chi connectivity index (χ3n) is 3.87. The SMILES string of the molecule is [CH2-]CN(C[C-]1CCN(C(C)C)CC1)C(C)(C)C.[Y]. The molecule has 0 atom stereocenters. The van der Waals surface area contributed by atoms with Gasteiger partial charge in [-0.2, -0.15) is 12.8 Å². The Hall–Kier alpha value is 1.02. The second-order valence-electron chi connectivity index (χ2n) is 6.47. The van der Waals surface area contributed by atoms with Crippen LogP contribution in [0.4, 0.5) is 0 Å². The average Bonchev–Trinajstić information content (AvgIpc) is 2.24. The first kappa shape index (κ1) is 19.0. The Morgan fingerprint density at radius 1 is 1.22 bits per heavy atom. The maximum Gasteiger partial charge on any atom is 0.00716 e. The molecule has 1 radical (unpaired) electrons. The van der Waals surface area contributed by atoms with E-state index in [-0.39, 0.29) is 38.2 Å². The van der Waals surface area contributed by atoms with Gasteiger partial charge in [0, 0.05) is 44.3 Å². The van der Waals surface area contributed by atoms with Gasteiger partial charge in [-0.15, -0.1) is 13.1 Å². The minimum absolute atomic E-state index is 0. The van der Waals surface area contributed by atoms with E-state index in [9.17, 15) is 0 Å². The van der Waals surface area contributed by atoms with Gasteiger partial charge in [-0.25, -0.2) is 0 Å². The number of piperidine rings is 1. The van der Waals surface area contributed by atoms with Gasteiger partial charge in [0.15, 0.2) is 0 Å². The van der Waals surface area contributed by atoms with E-state index in [4.69, 9.17) is 0 Å². The van der Waals surface area contributed by atoms with Crippen LogP contribution >= 0.6 is 0 Å². The van der Waals surface area contributed by atoms with Crippen molar-refractivity contribution < 1.29 is 32.7 Å². The van der Waals surface area contributed by atoms with E-state index < -0.39 is 0 Å². The van der Waals surface area contributed by atoms with Gasteiger partial charge in [-0.1, -0.05) is 0 Å². The molecule has 1 saturated heterocycles. The van der Waals surface area contributed by atoms with E-state index in [0.717, 1.165) is 13.1 Å². The Morgan fingerprint density at radius 2 is 1.72 bits per heavy atom. The molecule has 1 fully saturated rings. The maximum atomic E-state index is 4.06. The van der Waals surface area contributed by atoms with Crippen molar-refractivity contribution in [3.8, 4) is 0 Å². The summed E-state index contributed by atoms with van der Waals surface area (Å²) in [5, 5.41) is 0. The molecule has 0 bridgehead atoms. The van der Waals surface area contributed by atoms with Crippen LogP contribution in [0.2, 0.25) is 0 Å². The van der Waals surface area contributed by atoms with Crippen LogP contribution in [0.15, 0.2) is 0 Å². The molecule has 0 unspecified atom stereocenters. The zero-order valence-corrected chi connectivity index (χ0v) is 15.8. The van der Waals surface area contributed by atoms with E-state index in [1.54, 1.807) is 5.92 Å². The van der Waals surface area contributed by atoms with Crippen LogP contribution in [0.5, 0.6) is 0 Å². The fourth-order valence-corrected chi connectivity index (χ4v) is 2.44. The number of hydrogen-bond acceptors (Lipinski definition) is 2. The third kappa shape index (κ3) is 5.99. The van der Waals surface area contributed by atoms with E-state index in [0.29, 0.717) is 6.04 Å². The molecule has 3 heteroatoms. The second kappa shape index (κ2) is 8.34. The molecule has 0 N–H and O–H groups in total. The van der Waals surface area contributed by atoms with Crippen LogP contribution in [0.25, 0.3) is 0 Å². The van der Waals surface area contributed by atoms with Crippen molar-refractivity contribution in [1.82, 2.24) is 9.80 Å². The minimum atomic E-state index is 0. The van der Waals surface area contributed by atoms with Crippen LogP contribution in [-0.4, -0.2) is 47.6 Å². The first-order valence-electron chi connectivity index (χ1n) is 6.96. The quantitative estimate of drug-likeness (QED) is 0.733. The van der Waals surface area contributed by atoms with Crippen molar-refractivity contribution in [2.75, 3.05) is 26.2 Å². The van der Waals surface area contributed by atoms with Crippen LogP contribution in [0, 0.1) is 12.8 Å². The smallest absolute Gasteiger partial charge is 0.00716 e. The Balaban J connectivity index is 0.00000289. The molecule has 0 saturated carbocycles. The molecule has 0 aliphatic carbocycles. The molecule has 0 amide bonds. The molecule has 0 spiro atoms. The summed E-state index contributed by atoms with van der Waals surface area (Å²) in [5.41, 5.74) is 0.240. The molecule has 2 nitrogen and oxygen atoms in total. The van der Waals surface area contributed by atoms with Crippen LogP contribution in [0.1, 0.15) is 47.5 Å². The number of nitrogens with zero attached hydrogens (tertiary/aromatic N) is 2. The van der Waals surface area contributed by atoms with E-state index >= 15 is 0 Å². The van der Waals surface area contributed by atoms with Crippen LogP contribution < -0.4 is 0 Å². The fraction of sp³-hybridized carbons (Fsp3) is 0.867. The van der Waals surface area contributed by atoms with Gasteiger partial charge < -0.3 is 16.7 Å². The van der Waals surface area contributed by atoms with Gasteiger partial charge in [-0.05, 0) is 47.7 Å². The first-order valence-corrected chi connectivity index (χ1v) is 6.96. The largest absolute Gasteiger partial charge is 0.357 e. The molecule has 1 heterocycles. The summed E-state index contributed by atoms with van der Waals surface area (Å²) in [7, 11) is 0.